The standard InChI is InChI=1S/C24H27N5O3/c1-26(2)22-9-6-14-27(17-22)23(30)15-19-16-28(20-7-4-3-5-8-20)25-24(19)18-10-12-21(13-11-18)29(31)32/h3-5,7-8,10-13,16,22H,6,9,14-15,17H2,1-2H3. The number of likely N-dealkylation sites (N-methyl/N-ethyl adjacent to an activating group) is 1. The highest BCUT2D eigenvalue weighted by molar-refractivity contribution is 5.81. The molecule has 0 N–H and O–H groups in total. The van der Waals surface area contributed by atoms with Crippen molar-refractivity contribution >= 4 is 11.6 Å². The highest BCUT2D eigenvalue weighted by Crippen LogP contribution is 2.27. The van der Waals surface area contributed by atoms with Gasteiger partial charge in [0.15, 0.2) is 0 Å². The van der Waals surface area contributed by atoms with E-state index in [1.807, 2.05) is 41.4 Å². The highest BCUT2D eigenvalue weighted by Gasteiger charge is 2.26. The lowest BCUT2D eigenvalue weighted by atomic mass is 10.0. The molecule has 1 unspecified atom stereocenters. The molecule has 32 heavy (non-hydrogen) atoms. The summed E-state index contributed by atoms with van der Waals surface area (Å²) in [5.41, 5.74) is 3.13. The van der Waals surface area contributed by atoms with Crippen molar-refractivity contribution in [2.24, 2.45) is 0 Å². The van der Waals surface area contributed by atoms with Gasteiger partial charge >= 0.3 is 0 Å². The summed E-state index contributed by atoms with van der Waals surface area (Å²) in [4.78, 5) is 27.9. The Kier molecular flexibility index (Phi) is 6.32. The SMILES string of the molecule is CN(C)C1CCCN(C(=O)Cc2cn(-c3ccccc3)nc2-c2ccc([N+](=O)[O-])cc2)C1. The van der Waals surface area contributed by atoms with Crippen LogP contribution in [0.2, 0.25) is 0 Å². The Morgan fingerprint density at radius 1 is 1.16 bits per heavy atom. The zero-order valence-corrected chi connectivity index (χ0v) is 18.3. The molecule has 0 aliphatic carbocycles. The number of likely N-dealkylation sites (tertiary alicyclic amines) is 1. The third kappa shape index (κ3) is 4.70. The lowest BCUT2D eigenvalue weighted by Gasteiger charge is -2.36. The van der Waals surface area contributed by atoms with E-state index in [1.165, 1.54) is 12.1 Å². The van der Waals surface area contributed by atoms with E-state index in [9.17, 15) is 14.9 Å². The Morgan fingerprint density at radius 3 is 2.53 bits per heavy atom. The molecular formula is C24H27N5O3. The zero-order valence-electron chi connectivity index (χ0n) is 18.3. The first-order valence-electron chi connectivity index (χ1n) is 10.8. The van der Waals surface area contributed by atoms with Gasteiger partial charge < -0.3 is 9.80 Å². The van der Waals surface area contributed by atoms with E-state index < -0.39 is 4.92 Å². The second-order valence-electron chi connectivity index (χ2n) is 8.36. The van der Waals surface area contributed by atoms with Gasteiger partial charge in [0.2, 0.25) is 5.91 Å². The van der Waals surface area contributed by atoms with Crippen LogP contribution in [0.3, 0.4) is 0 Å². The van der Waals surface area contributed by atoms with Crippen LogP contribution in [0.15, 0.2) is 60.8 Å². The van der Waals surface area contributed by atoms with Crippen LogP contribution in [0.25, 0.3) is 16.9 Å². The minimum atomic E-state index is -0.422. The minimum absolute atomic E-state index is 0.0249. The zero-order chi connectivity index (χ0) is 22.7. The summed E-state index contributed by atoms with van der Waals surface area (Å²) >= 11 is 0. The van der Waals surface area contributed by atoms with E-state index >= 15 is 0 Å². The Labute approximate surface area is 187 Å². The number of para-hydroxylation sites is 1. The van der Waals surface area contributed by atoms with E-state index in [2.05, 4.69) is 19.0 Å². The molecule has 1 fully saturated rings. The quantitative estimate of drug-likeness (QED) is 0.439. The number of piperidine rings is 1. The van der Waals surface area contributed by atoms with Gasteiger partial charge in [-0.1, -0.05) is 18.2 Å². The van der Waals surface area contributed by atoms with Crippen molar-refractivity contribution in [1.82, 2.24) is 19.6 Å². The average molecular weight is 434 g/mol. The molecule has 1 saturated heterocycles. The molecule has 8 nitrogen and oxygen atoms in total. The van der Waals surface area contributed by atoms with Crippen molar-refractivity contribution < 1.29 is 9.72 Å². The molecule has 1 aliphatic rings. The number of benzene rings is 2. The van der Waals surface area contributed by atoms with Gasteiger partial charge in [-0.3, -0.25) is 14.9 Å². The summed E-state index contributed by atoms with van der Waals surface area (Å²) in [7, 11) is 4.10. The van der Waals surface area contributed by atoms with Crippen molar-refractivity contribution in [2.75, 3.05) is 27.2 Å². The highest BCUT2D eigenvalue weighted by atomic mass is 16.6. The molecule has 1 aliphatic heterocycles. The first kappa shape index (κ1) is 21.7. The van der Waals surface area contributed by atoms with Crippen LogP contribution in [0.1, 0.15) is 18.4 Å². The van der Waals surface area contributed by atoms with Crippen LogP contribution in [-0.4, -0.2) is 63.6 Å². The van der Waals surface area contributed by atoms with Crippen LogP contribution in [0, 0.1) is 10.1 Å². The summed E-state index contributed by atoms with van der Waals surface area (Å²) in [5, 5.41) is 15.8. The number of amides is 1. The van der Waals surface area contributed by atoms with Crippen LogP contribution in [-0.2, 0) is 11.2 Å². The van der Waals surface area contributed by atoms with Gasteiger partial charge in [0.1, 0.15) is 0 Å². The van der Waals surface area contributed by atoms with E-state index in [1.54, 1.807) is 16.8 Å². The summed E-state index contributed by atoms with van der Waals surface area (Å²) in [6.45, 7) is 1.49. The Morgan fingerprint density at radius 2 is 1.88 bits per heavy atom. The van der Waals surface area contributed by atoms with Gasteiger partial charge in [0.25, 0.3) is 5.69 Å². The molecule has 0 spiro atoms. The number of carbonyl (C=O) groups is 1. The summed E-state index contributed by atoms with van der Waals surface area (Å²) in [6.07, 6.45) is 4.21. The third-order valence-corrected chi connectivity index (χ3v) is 5.98. The van der Waals surface area contributed by atoms with Gasteiger partial charge in [-0.25, -0.2) is 4.68 Å². The predicted molar refractivity (Wildman–Crippen MR) is 123 cm³/mol. The fourth-order valence-electron chi connectivity index (χ4n) is 4.11. The van der Waals surface area contributed by atoms with E-state index in [0.29, 0.717) is 11.7 Å². The molecule has 0 radical (unpaired) electrons. The fourth-order valence-corrected chi connectivity index (χ4v) is 4.11. The summed E-state index contributed by atoms with van der Waals surface area (Å²) < 4.78 is 1.76. The molecule has 1 atom stereocenters. The maximum absolute atomic E-state index is 13.2. The van der Waals surface area contributed by atoms with Crippen molar-refractivity contribution in [1.29, 1.82) is 0 Å². The smallest absolute Gasteiger partial charge is 0.269 e. The largest absolute Gasteiger partial charge is 0.341 e. The number of rotatable bonds is 6. The third-order valence-electron chi connectivity index (χ3n) is 5.98. The molecule has 8 heteroatoms. The number of hydrogen-bond acceptors (Lipinski definition) is 5. The molecule has 2 heterocycles. The lowest BCUT2D eigenvalue weighted by molar-refractivity contribution is -0.384. The van der Waals surface area contributed by atoms with E-state index in [-0.39, 0.29) is 18.0 Å². The van der Waals surface area contributed by atoms with Gasteiger partial charge in [0, 0.05) is 48.6 Å². The molecular weight excluding hydrogens is 406 g/mol. The van der Waals surface area contributed by atoms with Crippen LogP contribution < -0.4 is 0 Å². The average Bonchev–Trinajstić information content (AvgIpc) is 3.23. The number of nitro benzene ring substituents is 1. The molecule has 3 aromatic rings. The number of carbonyl (C=O) groups excluding carboxylic acids is 1. The van der Waals surface area contributed by atoms with Crippen LogP contribution in [0.4, 0.5) is 5.69 Å². The lowest BCUT2D eigenvalue weighted by Crippen LogP contribution is -2.47. The van der Waals surface area contributed by atoms with Crippen LogP contribution >= 0.6 is 0 Å². The molecule has 0 bridgehead atoms. The maximum Gasteiger partial charge on any atom is 0.269 e. The van der Waals surface area contributed by atoms with Gasteiger partial charge in [0.05, 0.1) is 22.7 Å². The Hall–Kier alpha value is -3.52. The summed E-state index contributed by atoms with van der Waals surface area (Å²) in [5.74, 6) is 0.0762. The molecule has 166 valence electrons. The fraction of sp³-hybridized carbons (Fsp3) is 0.333. The second-order valence-corrected chi connectivity index (χ2v) is 8.36. The number of nitro groups is 1. The normalized spacial score (nSPS) is 16.3. The first-order valence-corrected chi connectivity index (χ1v) is 10.8. The molecule has 0 saturated carbocycles. The monoisotopic (exact) mass is 433 g/mol. The van der Waals surface area contributed by atoms with E-state index in [0.717, 1.165) is 42.7 Å². The summed E-state index contributed by atoms with van der Waals surface area (Å²) in [6, 6.07) is 16.4. The first-order chi connectivity index (χ1) is 15.4. The van der Waals surface area contributed by atoms with Crippen molar-refractivity contribution in [3.8, 4) is 16.9 Å². The van der Waals surface area contributed by atoms with Gasteiger partial charge in [-0.05, 0) is 51.2 Å². The van der Waals surface area contributed by atoms with E-state index in [4.69, 9.17) is 5.10 Å². The topological polar surface area (TPSA) is 84.5 Å². The molecule has 4 rings (SSSR count). The Bertz CT molecular complexity index is 1090. The van der Waals surface area contributed by atoms with Gasteiger partial charge in [-0.15, -0.1) is 0 Å². The van der Waals surface area contributed by atoms with Gasteiger partial charge in [-0.2, -0.15) is 5.10 Å². The number of aromatic nitrogens is 2. The number of nitrogens with zero attached hydrogens (tertiary/aromatic N) is 5. The minimum Gasteiger partial charge on any atom is -0.341 e. The van der Waals surface area contributed by atoms with Crippen molar-refractivity contribution in [2.45, 2.75) is 25.3 Å². The second kappa shape index (κ2) is 9.32. The number of non-ortho nitro benzene ring substituents is 1. The molecule has 2 aromatic carbocycles. The molecule has 1 aromatic heterocycles. The Balaban J connectivity index is 1.64. The van der Waals surface area contributed by atoms with Crippen LogP contribution in [0.5, 0.6) is 0 Å². The van der Waals surface area contributed by atoms with Crippen molar-refractivity contribution in [3.05, 3.63) is 76.5 Å². The van der Waals surface area contributed by atoms with Crippen molar-refractivity contribution in [3.63, 3.8) is 0 Å². The number of hydrogen-bond donors (Lipinski definition) is 0. The molecule has 1 amide bonds. The predicted octanol–water partition coefficient (Wildman–Crippen LogP) is 3.54. The maximum atomic E-state index is 13.2.